The molecule has 2 aromatic carbocycles. The number of para-hydroxylation sites is 1. The van der Waals surface area contributed by atoms with Gasteiger partial charge in [0.15, 0.2) is 0 Å². The summed E-state index contributed by atoms with van der Waals surface area (Å²) < 4.78 is 13.3. The third-order valence-corrected chi connectivity index (χ3v) is 5.58. The standard InChI is InChI=1S/C20H24O2Se/c1-17(2)13-14-21-19(15-22-18-9-5-3-6-10-18)16-23-20-11-7-4-8-12-20/h3-13,19H,14-16H2,1-2H3. The minimum atomic E-state index is 0.117. The SMILES string of the molecule is CC(C)=CCOC(COc1ccccc1)C[Se]c1ccccc1. The predicted molar refractivity (Wildman–Crippen MR) is 97.7 cm³/mol. The van der Waals surface area contributed by atoms with Crippen LogP contribution in [0.3, 0.4) is 0 Å². The molecule has 0 saturated carbocycles. The van der Waals surface area contributed by atoms with Crippen molar-refractivity contribution >= 4 is 19.4 Å². The van der Waals surface area contributed by atoms with Crippen molar-refractivity contribution in [2.24, 2.45) is 0 Å². The van der Waals surface area contributed by atoms with Crippen molar-refractivity contribution < 1.29 is 9.47 Å². The second-order valence-electron chi connectivity index (χ2n) is 5.48. The zero-order valence-corrected chi connectivity index (χ0v) is 15.5. The van der Waals surface area contributed by atoms with Crippen LogP contribution in [-0.4, -0.2) is 34.3 Å². The van der Waals surface area contributed by atoms with Crippen LogP contribution >= 0.6 is 0 Å². The maximum atomic E-state index is 6.01. The molecule has 0 N–H and O–H groups in total. The van der Waals surface area contributed by atoms with Gasteiger partial charge in [0.2, 0.25) is 0 Å². The number of allylic oxidation sites excluding steroid dienone is 1. The monoisotopic (exact) mass is 376 g/mol. The fourth-order valence-corrected chi connectivity index (χ4v) is 3.84. The Morgan fingerprint density at radius 3 is 2.30 bits per heavy atom. The maximum absolute atomic E-state index is 6.01. The van der Waals surface area contributed by atoms with Gasteiger partial charge in [-0.2, -0.15) is 0 Å². The van der Waals surface area contributed by atoms with Crippen LogP contribution in [0.25, 0.3) is 0 Å². The third-order valence-electron chi connectivity index (χ3n) is 3.18. The van der Waals surface area contributed by atoms with Crippen LogP contribution in [0.15, 0.2) is 72.3 Å². The molecule has 1 atom stereocenters. The van der Waals surface area contributed by atoms with Gasteiger partial charge in [0, 0.05) is 0 Å². The first-order valence-corrected chi connectivity index (χ1v) is 9.91. The Morgan fingerprint density at radius 2 is 1.65 bits per heavy atom. The molecule has 0 bridgehead atoms. The summed E-state index contributed by atoms with van der Waals surface area (Å²) in [6, 6.07) is 20.5. The van der Waals surface area contributed by atoms with Crippen LogP contribution in [0.5, 0.6) is 5.75 Å². The number of ether oxygens (including phenoxy) is 2. The Hall–Kier alpha value is -1.54. The van der Waals surface area contributed by atoms with Crippen molar-refractivity contribution in [2.45, 2.75) is 25.3 Å². The molecule has 0 aliphatic carbocycles. The molecular weight excluding hydrogens is 351 g/mol. The van der Waals surface area contributed by atoms with Crippen LogP contribution in [0, 0.1) is 0 Å². The van der Waals surface area contributed by atoms with Gasteiger partial charge in [0.05, 0.1) is 0 Å². The normalized spacial score (nSPS) is 11.7. The fraction of sp³-hybridized carbons (Fsp3) is 0.300. The molecule has 2 aromatic rings. The van der Waals surface area contributed by atoms with Gasteiger partial charge in [0.25, 0.3) is 0 Å². The van der Waals surface area contributed by atoms with E-state index in [1.165, 1.54) is 10.0 Å². The molecule has 0 heterocycles. The van der Waals surface area contributed by atoms with Gasteiger partial charge >= 0.3 is 145 Å². The van der Waals surface area contributed by atoms with E-state index in [1.807, 2.05) is 30.3 Å². The molecule has 2 nitrogen and oxygen atoms in total. The van der Waals surface area contributed by atoms with Crippen LogP contribution in [0.4, 0.5) is 0 Å². The summed E-state index contributed by atoms with van der Waals surface area (Å²) in [5.74, 6) is 0.899. The summed E-state index contributed by atoms with van der Waals surface area (Å²) in [7, 11) is 0. The molecule has 0 aliphatic heterocycles. The summed E-state index contributed by atoms with van der Waals surface area (Å²) in [4.78, 5) is 0. The van der Waals surface area contributed by atoms with Crippen molar-refractivity contribution in [2.75, 3.05) is 13.2 Å². The summed E-state index contributed by atoms with van der Waals surface area (Å²) >= 11 is 0.400. The predicted octanol–water partition coefficient (Wildman–Crippen LogP) is 3.86. The van der Waals surface area contributed by atoms with E-state index in [-0.39, 0.29) is 6.10 Å². The zero-order chi connectivity index (χ0) is 16.3. The molecule has 1 unspecified atom stereocenters. The van der Waals surface area contributed by atoms with E-state index in [4.69, 9.17) is 9.47 Å². The van der Waals surface area contributed by atoms with Crippen molar-refractivity contribution in [3.05, 3.63) is 72.3 Å². The van der Waals surface area contributed by atoms with E-state index in [0.29, 0.717) is 28.2 Å². The van der Waals surface area contributed by atoms with Gasteiger partial charge in [0.1, 0.15) is 0 Å². The van der Waals surface area contributed by atoms with Gasteiger partial charge in [-0.25, -0.2) is 0 Å². The molecule has 0 fully saturated rings. The summed E-state index contributed by atoms with van der Waals surface area (Å²) in [6.07, 6.45) is 2.23. The average Bonchev–Trinajstić information content (AvgIpc) is 2.58. The van der Waals surface area contributed by atoms with Gasteiger partial charge in [-0.05, 0) is 0 Å². The fourth-order valence-electron chi connectivity index (χ4n) is 1.91. The molecule has 0 spiro atoms. The number of benzene rings is 2. The summed E-state index contributed by atoms with van der Waals surface area (Å²) in [5, 5.41) is 1.01. The Labute approximate surface area is 145 Å². The second kappa shape index (κ2) is 10.3. The number of hydrogen-bond donors (Lipinski definition) is 0. The van der Waals surface area contributed by atoms with Gasteiger partial charge in [-0.3, -0.25) is 0 Å². The molecule has 2 rings (SSSR count). The Balaban J connectivity index is 1.86. The second-order valence-corrected chi connectivity index (χ2v) is 7.78. The molecule has 0 saturated heterocycles. The van der Waals surface area contributed by atoms with E-state index in [1.54, 1.807) is 0 Å². The minimum absolute atomic E-state index is 0.117. The molecule has 0 aliphatic rings. The number of rotatable bonds is 9. The van der Waals surface area contributed by atoms with E-state index in [0.717, 1.165) is 11.1 Å². The van der Waals surface area contributed by atoms with Gasteiger partial charge in [-0.1, -0.05) is 0 Å². The van der Waals surface area contributed by atoms with E-state index >= 15 is 0 Å². The number of hydrogen-bond acceptors (Lipinski definition) is 2. The zero-order valence-electron chi connectivity index (χ0n) is 13.8. The van der Waals surface area contributed by atoms with Crippen molar-refractivity contribution in [3.63, 3.8) is 0 Å². The average molecular weight is 375 g/mol. The molecule has 3 heteroatoms. The topological polar surface area (TPSA) is 18.5 Å². The Morgan fingerprint density at radius 1 is 1.00 bits per heavy atom. The first-order chi connectivity index (χ1) is 11.2. The molecule has 0 aromatic heterocycles. The van der Waals surface area contributed by atoms with E-state index in [2.05, 4.69) is 50.3 Å². The molecule has 122 valence electrons. The van der Waals surface area contributed by atoms with Gasteiger partial charge < -0.3 is 0 Å². The van der Waals surface area contributed by atoms with Crippen LogP contribution < -0.4 is 9.20 Å². The summed E-state index contributed by atoms with van der Waals surface area (Å²) in [6.45, 7) is 5.42. The van der Waals surface area contributed by atoms with E-state index in [9.17, 15) is 0 Å². The molecule has 0 amide bonds. The first kappa shape index (κ1) is 17.8. The van der Waals surface area contributed by atoms with Crippen LogP contribution in [0.2, 0.25) is 5.32 Å². The Kier molecular flexibility index (Phi) is 7.96. The molecule has 0 radical (unpaired) electrons. The van der Waals surface area contributed by atoms with Crippen LogP contribution in [0.1, 0.15) is 13.8 Å². The summed E-state index contributed by atoms with van der Waals surface area (Å²) in [5.41, 5.74) is 1.28. The third kappa shape index (κ3) is 7.51. The van der Waals surface area contributed by atoms with Crippen molar-refractivity contribution in [1.82, 2.24) is 0 Å². The van der Waals surface area contributed by atoms with E-state index < -0.39 is 0 Å². The van der Waals surface area contributed by atoms with Crippen molar-refractivity contribution in [3.8, 4) is 5.75 Å². The Bertz CT molecular complexity index is 534. The molecular formula is C20H24O2Se. The quantitative estimate of drug-likeness (QED) is 0.489. The first-order valence-electron chi connectivity index (χ1n) is 7.84. The molecule has 23 heavy (non-hydrogen) atoms. The van der Waals surface area contributed by atoms with Crippen LogP contribution in [-0.2, 0) is 4.74 Å². The van der Waals surface area contributed by atoms with Gasteiger partial charge in [-0.15, -0.1) is 0 Å². The van der Waals surface area contributed by atoms with Crippen molar-refractivity contribution in [1.29, 1.82) is 0 Å².